The van der Waals surface area contributed by atoms with Gasteiger partial charge in [-0.2, -0.15) is 0 Å². The number of rotatable bonds is 10. The predicted molar refractivity (Wildman–Crippen MR) is 133 cm³/mol. The number of benzene rings is 2. The first kappa shape index (κ1) is 31.4. The summed E-state index contributed by atoms with van der Waals surface area (Å²) in [6.07, 6.45) is 0. The van der Waals surface area contributed by atoms with E-state index in [0.717, 1.165) is 29.0 Å². The molecule has 0 radical (unpaired) electrons. The zero-order valence-corrected chi connectivity index (χ0v) is 22.0. The predicted octanol–water partition coefficient (Wildman–Crippen LogP) is 4.66. The van der Waals surface area contributed by atoms with Crippen LogP contribution >= 0.6 is 35.1 Å². The number of hydroxylamine groups is 1. The monoisotopic (exact) mass is 566 g/mol. The van der Waals surface area contributed by atoms with Crippen LogP contribution in [0.3, 0.4) is 0 Å². The molecule has 0 bridgehead atoms. The van der Waals surface area contributed by atoms with E-state index in [4.69, 9.17) is 33.1 Å². The number of hydrogen-bond acceptors (Lipinski definition) is 7. The summed E-state index contributed by atoms with van der Waals surface area (Å²) >= 11 is 11.9. The molecule has 3 N–H and O–H groups in total. The summed E-state index contributed by atoms with van der Waals surface area (Å²) in [5.74, 6) is -4.28. The van der Waals surface area contributed by atoms with E-state index in [0.29, 0.717) is 5.02 Å². The fourth-order valence-corrected chi connectivity index (χ4v) is 3.58. The molecule has 0 aliphatic rings. The van der Waals surface area contributed by atoms with Crippen LogP contribution in [0.2, 0.25) is 5.02 Å². The molecule has 0 saturated carbocycles. The first-order valence-electron chi connectivity index (χ1n) is 10.5. The number of amides is 4. The SMILES string of the molecule is CC.CN(CCN(CC(=O)NO)Sc1cc(F)c(Oc2ccc(Cl)cc2)c(F)c1)C(=O)NC(=O)CCl. The van der Waals surface area contributed by atoms with Crippen molar-refractivity contribution < 1.29 is 33.1 Å². The number of imide groups is 1. The zero-order valence-electron chi connectivity index (χ0n) is 19.7. The molecule has 0 spiro atoms. The quantitative estimate of drug-likeness (QED) is 0.166. The van der Waals surface area contributed by atoms with E-state index in [1.54, 1.807) is 0 Å². The van der Waals surface area contributed by atoms with Gasteiger partial charge in [-0.1, -0.05) is 25.4 Å². The van der Waals surface area contributed by atoms with Crippen molar-refractivity contribution in [1.82, 2.24) is 20.0 Å². The molecule has 4 amide bonds. The van der Waals surface area contributed by atoms with Gasteiger partial charge in [0, 0.05) is 30.1 Å². The van der Waals surface area contributed by atoms with Gasteiger partial charge in [0.2, 0.25) is 5.91 Å². The summed E-state index contributed by atoms with van der Waals surface area (Å²) in [4.78, 5) is 36.1. The summed E-state index contributed by atoms with van der Waals surface area (Å²) in [5.41, 5.74) is 1.46. The molecule has 0 fully saturated rings. The van der Waals surface area contributed by atoms with Crippen LogP contribution in [0.25, 0.3) is 0 Å². The Bertz CT molecular complexity index is 1010. The van der Waals surface area contributed by atoms with Crippen LogP contribution in [0, 0.1) is 11.6 Å². The minimum absolute atomic E-state index is 0.0236. The zero-order chi connectivity index (χ0) is 27.3. The smallest absolute Gasteiger partial charge is 0.323 e. The molecular weight excluding hydrogens is 541 g/mol. The highest BCUT2D eigenvalue weighted by Crippen LogP contribution is 2.33. The van der Waals surface area contributed by atoms with Gasteiger partial charge >= 0.3 is 6.03 Å². The number of hydrogen-bond donors (Lipinski definition) is 3. The maximum Gasteiger partial charge on any atom is 0.323 e. The third-order valence-corrected chi connectivity index (χ3v) is 5.59. The van der Waals surface area contributed by atoms with Crippen molar-refractivity contribution in [3.8, 4) is 11.5 Å². The van der Waals surface area contributed by atoms with Gasteiger partial charge in [0.1, 0.15) is 11.6 Å². The normalized spacial score (nSPS) is 10.2. The molecule has 0 saturated heterocycles. The van der Waals surface area contributed by atoms with Crippen molar-refractivity contribution in [2.24, 2.45) is 0 Å². The summed E-state index contributed by atoms with van der Waals surface area (Å²) in [7, 11) is 1.40. The first-order valence-corrected chi connectivity index (χ1v) is 12.2. The van der Waals surface area contributed by atoms with E-state index in [-0.39, 0.29) is 30.3 Å². The molecule has 9 nitrogen and oxygen atoms in total. The summed E-state index contributed by atoms with van der Waals surface area (Å²) < 4.78 is 35.8. The number of halogens is 4. The van der Waals surface area contributed by atoms with Crippen molar-refractivity contribution in [1.29, 1.82) is 0 Å². The molecule has 0 unspecified atom stereocenters. The lowest BCUT2D eigenvalue weighted by Crippen LogP contribution is -2.44. The van der Waals surface area contributed by atoms with Crippen LogP contribution < -0.4 is 15.5 Å². The Morgan fingerprint density at radius 1 is 1.06 bits per heavy atom. The lowest BCUT2D eigenvalue weighted by molar-refractivity contribution is -0.129. The van der Waals surface area contributed by atoms with Gasteiger partial charge in [-0.05, 0) is 48.3 Å². The van der Waals surface area contributed by atoms with Crippen molar-refractivity contribution in [3.63, 3.8) is 0 Å². The highest BCUT2D eigenvalue weighted by atomic mass is 35.5. The van der Waals surface area contributed by atoms with Gasteiger partial charge in [0.15, 0.2) is 17.4 Å². The van der Waals surface area contributed by atoms with Crippen LogP contribution in [0.1, 0.15) is 13.8 Å². The molecule has 2 rings (SSSR count). The fourth-order valence-electron chi connectivity index (χ4n) is 2.42. The summed E-state index contributed by atoms with van der Waals surface area (Å²) in [5, 5.41) is 11.3. The van der Waals surface area contributed by atoms with Crippen molar-refractivity contribution in [2.45, 2.75) is 18.7 Å². The second-order valence-electron chi connectivity index (χ2n) is 6.67. The Labute approximate surface area is 221 Å². The second-order valence-corrected chi connectivity index (χ2v) is 8.54. The molecule has 36 heavy (non-hydrogen) atoms. The summed E-state index contributed by atoms with van der Waals surface area (Å²) in [6.45, 7) is 3.68. The fraction of sp³-hybridized carbons (Fsp3) is 0.318. The van der Waals surface area contributed by atoms with Crippen molar-refractivity contribution in [2.75, 3.05) is 32.6 Å². The first-order chi connectivity index (χ1) is 17.1. The molecule has 0 aromatic heterocycles. The third-order valence-electron chi connectivity index (χ3n) is 4.08. The highest BCUT2D eigenvalue weighted by Gasteiger charge is 2.19. The molecule has 0 heterocycles. The van der Waals surface area contributed by atoms with Crippen molar-refractivity contribution in [3.05, 3.63) is 53.1 Å². The molecule has 198 valence electrons. The lowest BCUT2D eigenvalue weighted by atomic mass is 10.3. The number of ether oxygens (including phenoxy) is 1. The number of urea groups is 1. The van der Waals surface area contributed by atoms with Gasteiger partial charge in [-0.25, -0.2) is 23.4 Å². The van der Waals surface area contributed by atoms with Gasteiger partial charge in [0.25, 0.3) is 5.91 Å². The second kappa shape index (κ2) is 16.2. The number of carbonyl (C=O) groups is 3. The van der Waals surface area contributed by atoms with Crippen LogP contribution in [-0.2, 0) is 9.59 Å². The van der Waals surface area contributed by atoms with Crippen LogP contribution in [0.4, 0.5) is 13.6 Å². The van der Waals surface area contributed by atoms with E-state index in [9.17, 15) is 23.2 Å². The van der Waals surface area contributed by atoms with Crippen LogP contribution in [-0.4, -0.2) is 64.8 Å². The summed E-state index contributed by atoms with van der Waals surface area (Å²) in [6, 6.07) is 7.21. The minimum Gasteiger partial charge on any atom is -0.451 e. The molecule has 2 aromatic rings. The molecule has 2 aromatic carbocycles. The minimum atomic E-state index is -0.986. The Kier molecular flexibility index (Phi) is 14.1. The Morgan fingerprint density at radius 3 is 2.17 bits per heavy atom. The van der Waals surface area contributed by atoms with Gasteiger partial charge in [-0.3, -0.25) is 20.1 Å². The largest absolute Gasteiger partial charge is 0.451 e. The highest BCUT2D eigenvalue weighted by molar-refractivity contribution is 7.97. The van der Waals surface area contributed by atoms with Gasteiger partial charge in [0.05, 0.1) is 6.54 Å². The number of likely N-dealkylation sites (N-methyl/N-ethyl adjacent to an activating group) is 1. The van der Waals surface area contributed by atoms with E-state index in [1.165, 1.54) is 41.1 Å². The maximum absolute atomic E-state index is 14.6. The Balaban J connectivity index is 0.00000316. The van der Waals surface area contributed by atoms with E-state index < -0.39 is 41.1 Å². The van der Waals surface area contributed by atoms with Gasteiger partial charge < -0.3 is 9.64 Å². The number of nitrogens with one attached hydrogen (secondary N) is 2. The van der Waals surface area contributed by atoms with E-state index in [2.05, 4.69) is 0 Å². The van der Waals surface area contributed by atoms with Crippen LogP contribution in [0.5, 0.6) is 11.5 Å². The number of carbonyl (C=O) groups excluding carboxylic acids is 3. The molecule has 0 aliphatic heterocycles. The van der Waals surface area contributed by atoms with E-state index in [1.807, 2.05) is 19.2 Å². The maximum atomic E-state index is 14.6. The van der Waals surface area contributed by atoms with E-state index >= 15 is 0 Å². The standard InChI is InChI=1S/C20H20Cl2F2N4O5S.C2H6/c1-27(20(31)25-17(29)10-21)6-7-28(11-18(30)26-32)34-14-8-15(23)19(16(24)9-14)33-13-4-2-12(22)3-5-13;1-2/h2-5,8-9,32H,6-7,10-11H2,1H3,(H,26,30)(H,25,29,31);1-2H3. The Hall–Kier alpha value is -2.64. The van der Waals surface area contributed by atoms with Crippen LogP contribution in [0.15, 0.2) is 41.3 Å². The molecule has 0 atom stereocenters. The Morgan fingerprint density at radius 2 is 1.64 bits per heavy atom. The number of nitrogens with zero attached hydrogens (tertiary/aromatic N) is 2. The third kappa shape index (κ3) is 10.5. The molecular formula is C22H26Cl2F2N4O5S. The molecule has 14 heteroatoms. The topological polar surface area (TPSA) is 111 Å². The molecule has 0 aliphatic carbocycles. The average Bonchev–Trinajstić information content (AvgIpc) is 2.86. The van der Waals surface area contributed by atoms with Gasteiger partial charge in [-0.15, -0.1) is 11.6 Å². The number of alkyl halides is 1. The lowest BCUT2D eigenvalue weighted by Gasteiger charge is -2.24. The van der Waals surface area contributed by atoms with Crippen molar-refractivity contribution >= 4 is 53.0 Å². The average molecular weight is 567 g/mol.